The molecule has 1 N–H and O–H groups in total. The molecule has 136 heavy (non-hydrogen) atoms. The smallest absolute Gasteiger partial charge is 0.194 e. The first-order valence-electron chi connectivity index (χ1n) is 46.7. The van der Waals surface area contributed by atoms with Crippen LogP contribution in [0.4, 0.5) is 28.4 Å². The Bertz CT molecular complexity index is 8760. The predicted molar refractivity (Wildman–Crippen MR) is 581 cm³/mol. The van der Waals surface area contributed by atoms with Crippen LogP contribution in [-0.2, 0) is 17.3 Å². The zero-order chi connectivity index (χ0) is 90.9. The van der Waals surface area contributed by atoms with Crippen LogP contribution in [0.5, 0.6) is 0 Å². The fourth-order valence-corrected chi connectivity index (χ4v) is 23.5. The summed E-state index contributed by atoms with van der Waals surface area (Å²) in [6.45, 7) is 0. The van der Waals surface area contributed by atoms with Crippen LogP contribution >= 0.6 is 47.8 Å². The second-order valence-electron chi connectivity index (χ2n) is 36.8. The Kier molecular flexibility index (Phi) is 20.5. The third kappa shape index (κ3) is 14.4. The average molecular weight is 1930 g/mol. The van der Waals surface area contributed by atoms with Gasteiger partial charge in [0.25, 0.3) is 0 Å². The molecule has 0 aliphatic heterocycles. The Hall–Kier alpha value is -15.2. The number of carbonyl (C=O) groups excluding carboxylic acids is 2. The molecule has 644 valence electrons. The van der Waals surface area contributed by atoms with Crippen molar-refractivity contribution in [3.05, 3.63) is 518 Å². The molecule has 2 saturated carbocycles. The van der Waals surface area contributed by atoms with Crippen molar-refractivity contribution in [2.24, 2.45) is 0 Å². The first kappa shape index (κ1) is 82.7. The normalized spacial score (nSPS) is 13.6. The summed E-state index contributed by atoms with van der Waals surface area (Å²) in [5.41, 5.74) is 31.0. The van der Waals surface area contributed by atoms with E-state index in [0.717, 1.165) is 87.2 Å². The van der Waals surface area contributed by atoms with E-state index in [0.29, 0.717) is 0 Å². The van der Waals surface area contributed by atoms with Gasteiger partial charge in [-0.2, -0.15) is 0 Å². The summed E-state index contributed by atoms with van der Waals surface area (Å²) < 4.78 is 3.29. The number of nitrogens with zero attached hydrogens (tertiary/aromatic N) is 1. The molecule has 23 aromatic carbocycles. The van der Waals surface area contributed by atoms with Crippen LogP contribution < -0.4 is 10.2 Å². The summed E-state index contributed by atoms with van der Waals surface area (Å²) in [5.74, 6) is 0.246. The predicted octanol–water partition coefficient (Wildman–Crippen LogP) is 36.1. The van der Waals surface area contributed by atoms with Gasteiger partial charge in [0.1, 0.15) is 0 Å². The van der Waals surface area contributed by atoms with E-state index in [2.05, 4.69) is 428 Å². The highest BCUT2D eigenvalue weighted by Gasteiger charge is 2.52. The molecule has 30 rings (SSSR count). The molecular weight excluding hydrogens is 1850 g/mol. The summed E-state index contributed by atoms with van der Waals surface area (Å²) in [6, 6.07) is 160. The van der Waals surface area contributed by atoms with Gasteiger partial charge in [0.15, 0.2) is 11.6 Å². The van der Waals surface area contributed by atoms with Crippen molar-refractivity contribution in [2.45, 2.75) is 42.9 Å². The molecule has 2 spiro atoms. The van der Waals surface area contributed by atoms with Gasteiger partial charge in [-0.3, -0.25) is 9.59 Å². The van der Waals surface area contributed by atoms with E-state index in [1.165, 1.54) is 195 Å². The fourth-order valence-electron chi connectivity index (χ4n) is 22.4. The van der Waals surface area contributed by atoms with E-state index < -0.39 is 0 Å². The van der Waals surface area contributed by atoms with E-state index in [-0.39, 0.29) is 22.4 Å². The van der Waals surface area contributed by atoms with E-state index >= 15 is 0 Å². The lowest BCUT2D eigenvalue weighted by atomic mass is 9.74. The van der Waals surface area contributed by atoms with E-state index in [9.17, 15) is 9.59 Å². The number of anilines is 5. The monoisotopic (exact) mass is 1930 g/mol. The highest BCUT2D eigenvalue weighted by Crippen LogP contribution is 2.64. The van der Waals surface area contributed by atoms with Crippen molar-refractivity contribution in [1.29, 1.82) is 0 Å². The van der Waals surface area contributed by atoms with Crippen LogP contribution in [0.2, 0.25) is 0 Å². The van der Waals surface area contributed by atoms with Gasteiger partial charge >= 0.3 is 0 Å². The van der Waals surface area contributed by atoms with Crippen LogP contribution in [0.3, 0.4) is 0 Å². The minimum absolute atomic E-state index is 0.112. The minimum atomic E-state index is 0.112. The van der Waals surface area contributed by atoms with E-state index in [1.807, 2.05) is 78.9 Å². The van der Waals surface area contributed by atoms with Gasteiger partial charge in [-0.05, 0) is 304 Å². The molecule has 7 aliphatic carbocycles. The molecule has 7 aliphatic rings. The molecule has 4 nitrogen and oxygen atoms in total. The zero-order valence-electron chi connectivity index (χ0n) is 74.2. The molecule has 0 unspecified atom stereocenters. The highest BCUT2D eigenvalue weighted by atomic mass is 79.9. The lowest BCUT2D eigenvalue weighted by Crippen LogP contribution is -2.17. The minimum Gasteiger partial charge on any atom is -0.355 e. The number of halogens is 3. The number of nitrogens with one attached hydrogen (secondary N) is 1. The summed E-state index contributed by atoms with van der Waals surface area (Å²) in [6.07, 6.45) is 6.02. The maximum Gasteiger partial charge on any atom is 0.194 e. The topological polar surface area (TPSA) is 49.4 Å². The number of fused-ring (bicyclic) bond motifs is 18. The van der Waals surface area contributed by atoms with Gasteiger partial charge in [-0.1, -0.05) is 400 Å². The van der Waals surface area contributed by atoms with Crippen LogP contribution in [0.1, 0.15) is 90.9 Å². The number of carbonyl (C=O) groups is 2. The molecule has 2 fully saturated rings. The maximum atomic E-state index is 12.6. The number of benzene rings is 23. The highest BCUT2D eigenvalue weighted by molar-refractivity contribution is 9.11. The average Bonchev–Trinajstić information content (AvgIpc) is 1.53. The van der Waals surface area contributed by atoms with Crippen molar-refractivity contribution < 1.29 is 9.59 Å². The summed E-state index contributed by atoms with van der Waals surface area (Å²) in [4.78, 5) is 27.6. The van der Waals surface area contributed by atoms with Gasteiger partial charge in [0.05, 0.1) is 0 Å². The molecule has 0 bridgehead atoms. The van der Waals surface area contributed by atoms with Crippen LogP contribution in [0, 0.1) is 0 Å². The summed E-state index contributed by atoms with van der Waals surface area (Å²) in [7, 11) is 0. The maximum absolute atomic E-state index is 12.6. The summed E-state index contributed by atoms with van der Waals surface area (Å²) in [5, 5.41) is 26.4. The lowest BCUT2D eigenvalue weighted by Gasteiger charge is -2.32. The third-order valence-electron chi connectivity index (χ3n) is 29.0. The number of ketones is 2. The Morgan fingerprint density at radius 3 is 1.00 bits per heavy atom. The van der Waals surface area contributed by atoms with Gasteiger partial charge in [0.2, 0.25) is 0 Å². The van der Waals surface area contributed by atoms with Crippen LogP contribution in [0.15, 0.2) is 462 Å². The second kappa shape index (κ2) is 33.7. The number of rotatable bonds is 5. The van der Waals surface area contributed by atoms with Crippen molar-refractivity contribution in [3.63, 3.8) is 0 Å². The van der Waals surface area contributed by atoms with Crippen molar-refractivity contribution in [2.75, 3.05) is 10.2 Å². The van der Waals surface area contributed by atoms with Gasteiger partial charge in [-0.15, -0.1) is 0 Å². The molecular formula is C129H85Br3N2O2. The summed E-state index contributed by atoms with van der Waals surface area (Å²) >= 11 is 10.7. The Morgan fingerprint density at radius 1 is 0.199 bits per heavy atom. The van der Waals surface area contributed by atoms with Crippen LogP contribution in [-0.4, -0.2) is 11.6 Å². The number of hydrogen-bond donors (Lipinski definition) is 1. The Morgan fingerprint density at radius 2 is 0.515 bits per heavy atom. The van der Waals surface area contributed by atoms with E-state index in [1.54, 1.807) is 0 Å². The Balaban J connectivity index is 0.0000000898. The molecule has 0 aromatic heterocycles. The number of hydrogen-bond acceptors (Lipinski definition) is 4. The van der Waals surface area contributed by atoms with Crippen molar-refractivity contribution >= 4 is 185 Å². The lowest BCUT2D eigenvalue weighted by molar-refractivity contribution is 0.103. The van der Waals surface area contributed by atoms with Crippen molar-refractivity contribution in [1.82, 2.24) is 0 Å². The molecule has 0 amide bonds. The third-order valence-corrected chi connectivity index (χ3v) is 30.5. The van der Waals surface area contributed by atoms with Gasteiger partial charge in [0, 0.05) is 85.7 Å². The second-order valence-corrected chi connectivity index (χ2v) is 39.5. The van der Waals surface area contributed by atoms with Gasteiger partial charge < -0.3 is 10.2 Å². The molecule has 0 atom stereocenters. The Labute approximate surface area is 814 Å². The van der Waals surface area contributed by atoms with Crippen LogP contribution in [0.25, 0.3) is 153 Å². The molecule has 0 saturated heterocycles. The first-order valence-corrected chi connectivity index (χ1v) is 49.1. The quantitative estimate of drug-likeness (QED) is 0.187. The first-order chi connectivity index (χ1) is 66.9. The molecule has 7 heteroatoms. The SMILES string of the molecule is Brc1ccc2c(c1)C1(CC1)c1cccc3cccc-2c13.Brc1ccc2c(c1)Cc1cccc3cccc-2c13.O=C1c2cc(Br)ccc2-c2cccc3cccc1c23.O=C1c2ccccc2-c2cccc3cccc1c23.c1ccc2cc(N(c3ccc4c(c3)C3(CC3)c3cccc5cccc-4c35)c3ccc4ccccc4c3)ccc2c1.c1ccc2cc(Nc3ccc4ccccc4c3)ccc2c1. The largest absolute Gasteiger partial charge is 0.355 e. The molecule has 0 heterocycles. The fraction of sp³-hybridized carbons (Fsp3) is 0.0543. The van der Waals surface area contributed by atoms with E-state index in [4.69, 9.17) is 0 Å². The van der Waals surface area contributed by atoms with Crippen molar-refractivity contribution in [3.8, 4) is 55.6 Å². The molecule has 0 radical (unpaired) electrons. The van der Waals surface area contributed by atoms with Gasteiger partial charge in [-0.25, -0.2) is 0 Å². The zero-order valence-corrected chi connectivity index (χ0v) is 78.9. The standard InChI is InChI=1S/C39H27N.C20H15N.C19H13Br.C17H9BrO.C17H11Br.C17H10O/c1-3-9-29-23-31(17-15-26(29)7-1)40(32-18-16-27-8-2-4-10-30(27)24-32)33-19-20-34-35-13-5-11-28-12-6-14-36(38(28)35)39(21-22-39)37(34)25-33;1-3-7-17-13-19(11-9-15(17)5-1)21-20-12-10-16-6-2-4-8-18(16)14-20;20-13-7-8-14-15-5-1-3-12-4-2-6-16(18(12)15)19(9-10-19)17(14)11-13;18-11-7-8-12-13-5-1-3-10-4-2-6-14(16(10)13)17(19)15(12)9-11;18-14-7-8-15-13(10-14)9-12-5-1-3-11-4-2-6-16(15)17(11)12;18-17-14-8-2-1-7-12(14)13-9-3-5-11-6-4-10-15(17)16(11)13/h1-20,23-25H,21-22H2;1-14,21H;1-8,11H,9-10H2;1-9H;1-8,10H,9H2;1-10H. The molecule has 23 aromatic rings.